The maximum absolute atomic E-state index is 12.9. The Balaban J connectivity index is 1.92. The molecule has 82 valence electrons. The average Bonchev–Trinajstić information content (AvgIpc) is 2.75. The molecule has 1 aliphatic rings. The summed E-state index contributed by atoms with van der Waals surface area (Å²) in [6.07, 6.45) is 2.57. The molecule has 1 fully saturated rings. The number of carbonyl (C=O) groups is 1. The van der Waals surface area contributed by atoms with E-state index in [4.69, 9.17) is 0 Å². The molecule has 0 radical (unpaired) electrons. The molecule has 1 N–H and O–H groups in total. The van der Waals surface area contributed by atoms with Gasteiger partial charge in [0.1, 0.15) is 11.0 Å². The van der Waals surface area contributed by atoms with Crippen LogP contribution >= 0.6 is 11.3 Å². The third kappa shape index (κ3) is 2.53. The smallest absolute Gasteiger partial charge is 0.263 e. The summed E-state index contributed by atoms with van der Waals surface area (Å²) in [5.74, 6) is -0.125. The van der Waals surface area contributed by atoms with E-state index in [-0.39, 0.29) is 11.9 Å². The Labute approximate surface area is 91.7 Å². The fraction of sp³-hybridized carbons (Fsp3) is 0.600. The van der Waals surface area contributed by atoms with Gasteiger partial charge < -0.3 is 5.32 Å². The van der Waals surface area contributed by atoms with Gasteiger partial charge in [-0.25, -0.2) is 9.37 Å². The molecule has 0 unspecified atom stereocenters. The Kier molecular flexibility index (Phi) is 3.00. The van der Waals surface area contributed by atoms with E-state index in [1.54, 1.807) is 6.20 Å². The maximum atomic E-state index is 12.9. The Morgan fingerprint density at radius 3 is 3.00 bits per heavy atom. The highest BCUT2D eigenvalue weighted by Gasteiger charge is 2.26. The predicted octanol–water partition coefficient (Wildman–Crippen LogP) is 2.07. The lowest BCUT2D eigenvalue weighted by molar-refractivity contribution is 0.0940. The Hall–Kier alpha value is -0.970. The van der Waals surface area contributed by atoms with Gasteiger partial charge in [0.05, 0.1) is 11.2 Å². The fourth-order valence-corrected chi connectivity index (χ4v) is 2.46. The minimum Gasteiger partial charge on any atom is -0.348 e. The third-order valence-corrected chi connectivity index (χ3v) is 3.46. The summed E-state index contributed by atoms with van der Waals surface area (Å²) in [5, 5.41) is 3.70. The summed E-state index contributed by atoms with van der Waals surface area (Å²) in [6, 6.07) is -0.00472. The minimum atomic E-state index is -0.751. The van der Waals surface area contributed by atoms with Gasteiger partial charge in [0.25, 0.3) is 5.91 Å². The summed E-state index contributed by atoms with van der Waals surface area (Å²) in [6.45, 7) is 1.86. The van der Waals surface area contributed by atoms with Gasteiger partial charge >= 0.3 is 0 Å². The van der Waals surface area contributed by atoms with Crippen molar-refractivity contribution >= 4 is 17.2 Å². The molecule has 0 aliphatic heterocycles. The van der Waals surface area contributed by atoms with Crippen molar-refractivity contribution in [3.63, 3.8) is 0 Å². The maximum Gasteiger partial charge on any atom is 0.263 e. The van der Waals surface area contributed by atoms with Crippen molar-refractivity contribution in [2.75, 3.05) is 0 Å². The number of nitrogens with one attached hydrogen (secondary N) is 1. The first-order valence-electron chi connectivity index (χ1n) is 5.02. The molecule has 2 rings (SSSR count). The van der Waals surface area contributed by atoms with Gasteiger partial charge in [0, 0.05) is 6.04 Å². The van der Waals surface area contributed by atoms with Crippen molar-refractivity contribution in [1.82, 2.24) is 10.3 Å². The molecule has 1 aliphatic carbocycles. The summed E-state index contributed by atoms with van der Waals surface area (Å²) in [4.78, 5) is 16.3. The topological polar surface area (TPSA) is 42.0 Å². The first-order valence-corrected chi connectivity index (χ1v) is 5.84. The Morgan fingerprint density at radius 2 is 2.47 bits per heavy atom. The summed E-state index contributed by atoms with van der Waals surface area (Å²) in [5.41, 5.74) is 0. The number of carbonyl (C=O) groups excluding carboxylic acids is 1. The second-order valence-electron chi connectivity index (χ2n) is 3.82. The van der Waals surface area contributed by atoms with Gasteiger partial charge in [-0.05, 0) is 26.2 Å². The molecule has 1 aromatic rings. The van der Waals surface area contributed by atoms with Gasteiger partial charge in [-0.2, -0.15) is 0 Å². The molecule has 0 bridgehead atoms. The number of aromatic nitrogens is 1. The van der Waals surface area contributed by atoms with Crippen LogP contribution in [-0.2, 0) is 0 Å². The van der Waals surface area contributed by atoms with Crippen LogP contribution in [0, 0.1) is 6.92 Å². The molecular weight excluding hydrogens is 215 g/mol. The van der Waals surface area contributed by atoms with E-state index in [9.17, 15) is 9.18 Å². The molecule has 0 aromatic carbocycles. The van der Waals surface area contributed by atoms with E-state index in [0.29, 0.717) is 17.7 Å². The highest BCUT2D eigenvalue weighted by atomic mass is 32.1. The number of alkyl halides is 1. The molecule has 15 heavy (non-hydrogen) atoms. The van der Waals surface area contributed by atoms with Crippen LogP contribution in [0.2, 0.25) is 0 Å². The predicted molar refractivity (Wildman–Crippen MR) is 56.9 cm³/mol. The van der Waals surface area contributed by atoms with Crippen LogP contribution < -0.4 is 5.32 Å². The number of halogens is 1. The molecule has 1 saturated carbocycles. The summed E-state index contributed by atoms with van der Waals surface area (Å²) in [7, 11) is 0. The molecule has 5 heteroatoms. The average molecular weight is 228 g/mol. The zero-order chi connectivity index (χ0) is 10.8. The number of thiazole rings is 1. The van der Waals surface area contributed by atoms with Crippen molar-refractivity contribution in [2.24, 2.45) is 0 Å². The number of hydrogen-bond acceptors (Lipinski definition) is 3. The fourth-order valence-electron chi connectivity index (χ4n) is 1.78. The molecular formula is C10H13FN2OS. The van der Waals surface area contributed by atoms with Gasteiger partial charge in [-0.3, -0.25) is 4.79 Å². The van der Waals surface area contributed by atoms with Crippen LogP contribution in [-0.4, -0.2) is 23.1 Å². The van der Waals surface area contributed by atoms with Crippen LogP contribution in [0.3, 0.4) is 0 Å². The van der Waals surface area contributed by atoms with E-state index in [1.807, 2.05) is 6.92 Å². The molecule has 1 aromatic heterocycles. The Morgan fingerprint density at radius 1 is 1.67 bits per heavy atom. The number of aryl methyl sites for hydroxylation is 1. The van der Waals surface area contributed by atoms with Crippen LogP contribution in [0.1, 0.15) is 33.9 Å². The zero-order valence-corrected chi connectivity index (χ0v) is 9.31. The quantitative estimate of drug-likeness (QED) is 0.842. The molecule has 1 heterocycles. The van der Waals surface area contributed by atoms with Crippen LogP contribution in [0.4, 0.5) is 4.39 Å². The molecule has 0 spiro atoms. The molecule has 0 saturated heterocycles. The SMILES string of the molecule is Cc1ncc(C(=O)N[C@@H]2CC[C@H](F)C2)s1. The van der Waals surface area contributed by atoms with E-state index in [1.165, 1.54) is 11.3 Å². The zero-order valence-electron chi connectivity index (χ0n) is 8.50. The minimum absolute atomic E-state index is 0.00472. The number of amides is 1. The van der Waals surface area contributed by atoms with E-state index >= 15 is 0 Å². The van der Waals surface area contributed by atoms with Crippen molar-refractivity contribution in [2.45, 2.75) is 38.4 Å². The monoisotopic (exact) mass is 228 g/mol. The second kappa shape index (κ2) is 4.26. The lowest BCUT2D eigenvalue weighted by Crippen LogP contribution is -2.32. The summed E-state index contributed by atoms with van der Waals surface area (Å²) >= 11 is 1.36. The van der Waals surface area contributed by atoms with Crippen molar-refractivity contribution in [1.29, 1.82) is 0 Å². The van der Waals surface area contributed by atoms with Crippen LogP contribution in [0.5, 0.6) is 0 Å². The normalized spacial score (nSPS) is 25.5. The Bertz CT molecular complexity index is 366. The lowest BCUT2D eigenvalue weighted by atomic mass is 10.2. The van der Waals surface area contributed by atoms with Gasteiger partial charge in [-0.15, -0.1) is 11.3 Å². The second-order valence-corrected chi connectivity index (χ2v) is 5.06. The lowest BCUT2D eigenvalue weighted by Gasteiger charge is -2.10. The highest BCUT2D eigenvalue weighted by molar-refractivity contribution is 7.13. The number of rotatable bonds is 2. The summed E-state index contributed by atoms with van der Waals surface area (Å²) < 4.78 is 12.9. The molecule has 2 atom stereocenters. The van der Waals surface area contributed by atoms with E-state index in [0.717, 1.165) is 11.4 Å². The highest BCUT2D eigenvalue weighted by Crippen LogP contribution is 2.22. The molecule has 3 nitrogen and oxygen atoms in total. The van der Waals surface area contributed by atoms with Gasteiger partial charge in [0.15, 0.2) is 0 Å². The number of nitrogens with zero attached hydrogens (tertiary/aromatic N) is 1. The van der Waals surface area contributed by atoms with Crippen molar-refractivity contribution in [3.8, 4) is 0 Å². The van der Waals surface area contributed by atoms with Crippen molar-refractivity contribution in [3.05, 3.63) is 16.1 Å². The first kappa shape index (κ1) is 10.5. The van der Waals surface area contributed by atoms with E-state index < -0.39 is 6.17 Å². The van der Waals surface area contributed by atoms with Crippen molar-refractivity contribution < 1.29 is 9.18 Å². The van der Waals surface area contributed by atoms with Gasteiger partial charge in [0.2, 0.25) is 0 Å². The standard InChI is InChI=1S/C10H13FN2OS/c1-6-12-5-9(15-6)10(14)13-8-3-2-7(11)4-8/h5,7-8H,2-4H2,1H3,(H,13,14)/t7-,8+/m0/s1. The molecule has 1 amide bonds. The number of hydrogen-bond donors (Lipinski definition) is 1. The largest absolute Gasteiger partial charge is 0.348 e. The van der Waals surface area contributed by atoms with Gasteiger partial charge in [-0.1, -0.05) is 0 Å². The first-order chi connectivity index (χ1) is 7.15. The van der Waals surface area contributed by atoms with Crippen LogP contribution in [0.25, 0.3) is 0 Å². The van der Waals surface area contributed by atoms with E-state index in [2.05, 4.69) is 10.3 Å². The van der Waals surface area contributed by atoms with Crippen LogP contribution in [0.15, 0.2) is 6.20 Å². The third-order valence-electron chi connectivity index (χ3n) is 2.55.